The van der Waals surface area contributed by atoms with E-state index in [9.17, 15) is 0 Å². The molecule has 0 unspecified atom stereocenters. The minimum Gasteiger partial charge on any atom is -0.400 e. The van der Waals surface area contributed by atoms with Gasteiger partial charge in [0, 0.05) is 63.9 Å². The van der Waals surface area contributed by atoms with E-state index < -0.39 is 8.24 Å². The van der Waals surface area contributed by atoms with Crippen molar-refractivity contribution in [2.45, 2.75) is 65.6 Å². The van der Waals surface area contributed by atoms with Crippen LogP contribution >= 0.6 is 47.2 Å². The van der Waals surface area contributed by atoms with Gasteiger partial charge < -0.3 is 31.5 Å². The molecule has 6 aromatic heterocycles. The molecule has 274 valence electrons. The Balaban J connectivity index is 0.000000646. The first kappa shape index (κ1) is 46.8. The Kier molecular flexibility index (Phi) is 20.3. The Morgan fingerprint density at radius 3 is 1.92 bits per heavy atom. The Labute approximate surface area is 324 Å². The summed E-state index contributed by atoms with van der Waals surface area (Å²) >= 11 is 17.3. The maximum absolute atomic E-state index is 7.00. The minimum atomic E-state index is -1.67. The number of aromatic nitrogens is 9. The van der Waals surface area contributed by atoms with E-state index in [4.69, 9.17) is 44.6 Å². The summed E-state index contributed by atoms with van der Waals surface area (Å²) in [5.41, 5.74) is 4.51. The fraction of sp³-hybridized carbons (Fsp3) is 0.406. The SMILES string of the molecule is C1CCOC1.CO.Cc1nc(Cl)nc2c1ccn2[Si](C)(C)C(C)(C)C.Cc1ncnc2[nH]ccc12.Cl.Clc1nc(Cl)c2cc[nH]c2n1.[CH3-].[Pd]. The van der Waals surface area contributed by atoms with Crippen molar-refractivity contribution in [1.82, 2.24) is 44.1 Å². The molecule has 49 heavy (non-hydrogen) atoms. The van der Waals surface area contributed by atoms with Gasteiger partial charge in [0.1, 0.15) is 28.4 Å². The number of ether oxygens (including phenoxy) is 1. The topological polar surface area (TPSA) is 143 Å². The molecule has 17 heteroatoms. The molecule has 0 spiro atoms. The molecular formula is C32H46Cl4N9O2PdSi-. The van der Waals surface area contributed by atoms with Crippen molar-refractivity contribution in [2.75, 3.05) is 20.3 Å². The smallest absolute Gasteiger partial charge is 0.225 e. The van der Waals surface area contributed by atoms with Crippen LogP contribution in [0.25, 0.3) is 33.1 Å². The molecule has 0 radical (unpaired) electrons. The number of nitrogens with zero attached hydrogens (tertiary/aromatic N) is 7. The summed E-state index contributed by atoms with van der Waals surface area (Å²) in [5.74, 6) is 0. The van der Waals surface area contributed by atoms with Crippen LogP contribution in [0.5, 0.6) is 0 Å². The van der Waals surface area contributed by atoms with E-state index in [1.54, 1.807) is 18.6 Å². The number of nitrogens with one attached hydrogen (secondary N) is 2. The summed E-state index contributed by atoms with van der Waals surface area (Å²) in [6.07, 6.45) is 9.86. The molecule has 1 saturated heterocycles. The molecule has 0 bridgehead atoms. The Morgan fingerprint density at radius 1 is 0.796 bits per heavy atom. The number of fused-ring (bicyclic) bond motifs is 3. The standard InChI is InChI=1S/C13H20ClN3Si.C7H7N3.C6H3Cl2N3.C4H8O.CH4O.CH3.ClH.Pd/c1-9-10-7-8-17(11(10)16-12(14)15-9)18(5,6)13(2,3)4;1-5-6-2-3-8-7(6)10-4-9-5;7-4-3-1-2-9-5(3)11-6(8)10-4;1-2-4-5-3-1;1-2;;;/h7-8H,1-6H3;2-4H,1H3,(H,8,9,10);1-2H,(H,9,10,11);1-4H2;2H,1H3;1H3;1H;/q;;;;;-1;;. The van der Waals surface area contributed by atoms with Gasteiger partial charge in [-0.3, -0.25) is 0 Å². The van der Waals surface area contributed by atoms with E-state index in [2.05, 4.69) is 90.2 Å². The normalized spacial score (nSPS) is 12.0. The average Bonchev–Trinajstić information content (AvgIpc) is 3.82. The zero-order chi connectivity index (χ0) is 34.1. The van der Waals surface area contributed by atoms with Gasteiger partial charge in [-0.2, -0.15) is 4.98 Å². The minimum absolute atomic E-state index is 0. The van der Waals surface area contributed by atoms with Crippen molar-refractivity contribution in [3.8, 4) is 0 Å². The van der Waals surface area contributed by atoms with Crippen molar-refractivity contribution >= 4 is 88.5 Å². The van der Waals surface area contributed by atoms with Crippen molar-refractivity contribution in [1.29, 1.82) is 0 Å². The molecule has 6 aromatic rings. The second-order valence-corrected chi connectivity index (χ2v) is 18.0. The molecule has 1 aliphatic rings. The molecule has 11 nitrogen and oxygen atoms in total. The summed E-state index contributed by atoms with van der Waals surface area (Å²) in [6, 6.07) is 5.88. The summed E-state index contributed by atoms with van der Waals surface area (Å²) < 4.78 is 7.28. The number of aliphatic hydroxyl groups is 1. The molecule has 0 saturated carbocycles. The molecule has 0 amide bonds. The van der Waals surface area contributed by atoms with Crippen LogP contribution in [0.4, 0.5) is 0 Å². The number of aliphatic hydroxyl groups excluding tert-OH is 1. The first-order valence-corrected chi connectivity index (χ1v) is 18.8. The number of rotatable bonds is 1. The van der Waals surface area contributed by atoms with Gasteiger partial charge in [-0.15, -0.1) is 12.4 Å². The van der Waals surface area contributed by atoms with Crippen molar-refractivity contribution < 1.29 is 30.3 Å². The number of halogens is 4. The van der Waals surface area contributed by atoms with Gasteiger partial charge in [0.15, 0.2) is 8.24 Å². The zero-order valence-electron chi connectivity index (χ0n) is 29.2. The van der Waals surface area contributed by atoms with Crippen LogP contribution in [0.15, 0.2) is 43.1 Å². The van der Waals surface area contributed by atoms with Crippen LogP contribution in [0.2, 0.25) is 33.9 Å². The van der Waals surface area contributed by atoms with Crippen molar-refractivity contribution in [2.24, 2.45) is 0 Å². The maximum atomic E-state index is 7.00. The average molecular weight is 865 g/mol. The fourth-order valence-corrected chi connectivity index (χ4v) is 6.86. The van der Waals surface area contributed by atoms with Crippen LogP contribution in [0.3, 0.4) is 0 Å². The van der Waals surface area contributed by atoms with Crippen LogP contribution in [0.1, 0.15) is 45.0 Å². The van der Waals surface area contributed by atoms with Crippen LogP contribution in [-0.2, 0) is 25.2 Å². The maximum Gasteiger partial charge on any atom is 0.225 e. The first-order valence-electron chi connectivity index (χ1n) is 14.7. The predicted molar refractivity (Wildman–Crippen MR) is 204 cm³/mol. The van der Waals surface area contributed by atoms with E-state index in [1.165, 1.54) is 12.8 Å². The summed E-state index contributed by atoms with van der Waals surface area (Å²) in [7, 11) is -0.671. The van der Waals surface area contributed by atoms with Crippen molar-refractivity contribution in [3.63, 3.8) is 0 Å². The molecule has 0 aliphatic carbocycles. The molecular weight excluding hydrogens is 819 g/mol. The molecule has 7 rings (SSSR count). The van der Waals surface area contributed by atoms with Crippen LogP contribution < -0.4 is 0 Å². The van der Waals surface area contributed by atoms with Gasteiger partial charge in [-0.25, -0.2) is 24.9 Å². The Bertz CT molecular complexity index is 1850. The van der Waals surface area contributed by atoms with Crippen LogP contribution in [0, 0.1) is 21.3 Å². The van der Waals surface area contributed by atoms with Gasteiger partial charge >= 0.3 is 0 Å². The van der Waals surface area contributed by atoms with E-state index >= 15 is 0 Å². The predicted octanol–water partition coefficient (Wildman–Crippen LogP) is 9.05. The number of H-pyrrole nitrogens is 2. The Hall–Kier alpha value is -2.18. The summed E-state index contributed by atoms with van der Waals surface area (Å²) in [6.45, 7) is 17.5. The van der Waals surface area contributed by atoms with E-state index in [0.29, 0.717) is 16.1 Å². The third-order valence-electron chi connectivity index (χ3n) is 7.87. The van der Waals surface area contributed by atoms with E-state index in [1.807, 2.05) is 26.1 Å². The fourth-order valence-electron chi connectivity index (χ4n) is 4.33. The molecule has 1 fully saturated rings. The van der Waals surface area contributed by atoms with E-state index in [0.717, 1.165) is 59.2 Å². The number of hydrogen-bond donors (Lipinski definition) is 3. The van der Waals surface area contributed by atoms with Gasteiger partial charge in [-0.05, 0) is 79.3 Å². The summed E-state index contributed by atoms with van der Waals surface area (Å²) in [5, 5.41) is 11.1. The summed E-state index contributed by atoms with van der Waals surface area (Å²) in [4.78, 5) is 30.3. The molecule has 0 atom stereocenters. The van der Waals surface area contributed by atoms with Gasteiger partial charge in [0.05, 0.1) is 16.8 Å². The number of aromatic amines is 2. The molecule has 1 aliphatic heterocycles. The number of hydrogen-bond acceptors (Lipinski definition) is 8. The molecule has 7 heterocycles. The van der Waals surface area contributed by atoms with Gasteiger partial charge in [0.25, 0.3) is 0 Å². The quantitative estimate of drug-likeness (QED) is 0.0644. The third-order valence-corrected chi connectivity index (χ3v) is 13.7. The zero-order valence-corrected chi connectivity index (χ0v) is 34.9. The van der Waals surface area contributed by atoms with E-state index in [-0.39, 0.29) is 50.6 Å². The van der Waals surface area contributed by atoms with Crippen molar-refractivity contribution in [3.05, 3.63) is 77.7 Å². The van der Waals surface area contributed by atoms with Crippen LogP contribution in [-0.4, -0.2) is 77.8 Å². The number of aryl methyl sites for hydroxylation is 2. The molecule has 0 aromatic carbocycles. The largest absolute Gasteiger partial charge is 0.400 e. The Morgan fingerprint density at radius 2 is 1.37 bits per heavy atom. The second kappa shape index (κ2) is 21.2. The monoisotopic (exact) mass is 862 g/mol. The third kappa shape index (κ3) is 12.2. The van der Waals surface area contributed by atoms with Gasteiger partial charge in [0.2, 0.25) is 10.6 Å². The molecule has 3 N–H and O–H groups in total. The van der Waals surface area contributed by atoms with Gasteiger partial charge in [-0.1, -0.05) is 45.5 Å². The first-order chi connectivity index (χ1) is 21.8. The second-order valence-electron chi connectivity index (χ2n) is 11.9.